The van der Waals surface area contributed by atoms with Gasteiger partial charge < -0.3 is 4.90 Å². The van der Waals surface area contributed by atoms with E-state index >= 15 is 0 Å². The van der Waals surface area contributed by atoms with Crippen LogP contribution in [0.25, 0.3) is 22.3 Å². The van der Waals surface area contributed by atoms with Gasteiger partial charge in [-0.25, -0.2) is 4.68 Å². The Balaban J connectivity index is 1.25. The molecule has 1 aliphatic heterocycles. The van der Waals surface area contributed by atoms with Crippen molar-refractivity contribution in [2.45, 2.75) is 19.4 Å². The Labute approximate surface area is 182 Å². The first-order chi connectivity index (χ1) is 15.2. The van der Waals surface area contributed by atoms with Gasteiger partial charge in [0.05, 0.1) is 17.4 Å². The molecule has 156 valence electrons. The minimum Gasteiger partial charge on any atom is -0.339 e. The molecule has 3 aromatic heterocycles. The molecule has 9 heteroatoms. The van der Waals surface area contributed by atoms with E-state index < -0.39 is 0 Å². The molecule has 0 N–H and O–H groups in total. The van der Waals surface area contributed by atoms with Gasteiger partial charge in [-0.15, -0.1) is 0 Å². The van der Waals surface area contributed by atoms with E-state index in [2.05, 4.69) is 18.8 Å². The standard InChI is InChI=1S/C22H20N6O2S/c29-21-4-3-18(16-5-9-23-10-6-16)24-28(21)14-15-7-11-27(12-8-15)22(30)17-1-2-19-20(13-17)26-31-25-19/h1-6,9-10,13,15H,7-8,11-12,14H2. The number of hydrogen-bond donors (Lipinski definition) is 0. The van der Waals surface area contributed by atoms with Crippen molar-refractivity contribution in [2.75, 3.05) is 13.1 Å². The molecule has 5 rings (SSSR count). The van der Waals surface area contributed by atoms with Crippen LogP contribution in [0.15, 0.2) is 59.7 Å². The number of hydrogen-bond acceptors (Lipinski definition) is 7. The average Bonchev–Trinajstić information content (AvgIpc) is 3.29. The number of nitrogens with zero attached hydrogens (tertiary/aromatic N) is 6. The lowest BCUT2D eigenvalue weighted by molar-refractivity contribution is 0.0680. The number of pyridine rings is 1. The molecule has 0 unspecified atom stereocenters. The van der Waals surface area contributed by atoms with Crippen LogP contribution in [0.2, 0.25) is 0 Å². The second kappa shape index (κ2) is 8.35. The summed E-state index contributed by atoms with van der Waals surface area (Å²) in [5.74, 6) is 0.315. The Kier molecular flexibility index (Phi) is 5.25. The van der Waals surface area contributed by atoms with Gasteiger partial charge in [-0.05, 0) is 55.2 Å². The fourth-order valence-electron chi connectivity index (χ4n) is 3.92. The van der Waals surface area contributed by atoms with Crippen molar-refractivity contribution >= 4 is 28.7 Å². The number of carbonyl (C=O) groups excluding carboxylic acids is 1. The number of carbonyl (C=O) groups is 1. The first kappa shape index (κ1) is 19.5. The van der Waals surface area contributed by atoms with Crippen LogP contribution in [0, 0.1) is 5.92 Å². The lowest BCUT2D eigenvalue weighted by Crippen LogP contribution is -2.40. The summed E-state index contributed by atoms with van der Waals surface area (Å²) in [7, 11) is 0. The van der Waals surface area contributed by atoms with Gasteiger partial charge in [0.15, 0.2) is 0 Å². The number of aromatic nitrogens is 5. The summed E-state index contributed by atoms with van der Waals surface area (Å²) in [4.78, 5) is 31.1. The molecule has 31 heavy (non-hydrogen) atoms. The third-order valence-corrected chi connectivity index (χ3v) is 6.23. The van der Waals surface area contributed by atoms with Crippen LogP contribution in [-0.4, -0.2) is 47.4 Å². The maximum Gasteiger partial charge on any atom is 0.266 e. The highest BCUT2D eigenvalue weighted by Gasteiger charge is 2.25. The Morgan fingerprint density at radius 2 is 1.77 bits per heavy atom. The summed E-state index contributed by atoms with van der Waals surface area (Å²) < 4.78 is 9.95. The number of rotatable bonds is 4. The van der Waals surface area contributed by atoms with Crippen molar-refractivity contribution in [2.24, 2.45) is 5.92 Å². The van der Waals surface area contributed by atoms with Crippen molar-refractivity contribution in [3.8, 4) is 11.3 Å². The maximum absolute atomic E-state index is 12.9. The van der Waals surface area contributed by atoms with E-state index in [-0.39, 0.29) is 11.5 Å². The minimum absolute atomic E-state index is 0.0170. The van der Waals surface area contributed by atoms with Crippen LogP contribution in [0.3, 0.4) is 0 Å². The van der Waals surface area contributed by atoms with E-state index in [1.807, 2.05) is 29.2 Å². The predicted molar refractivity (Wildman–Crippen MR) is 118 cm³/mol. The fraction of sp³-hybridized carbons (Fsp3) is 0.273. The largest absolute Gasteiger partial charge is 0.339 e. The smallest absolute Gasteiger partial charge is 0.266 e. The lowest BCUT2D eigenvalue weighted by atomic mass is 9.96. The highest BCUT2D eigenvalue weighted by atomic mass is 32.1. The van der Waals surface area contributed by atoms with Gasteiger partial charge in [-0.1, -0.05) is 0 Å². The van der Waals surface area contributed by atoms with E-state index in [4.69, 9.17) is 0 Å². The molecule has 0 atom stereocenters. The van der Waals surface area contributed by atoms with Gasteiger partial charge in [0.2, 0.25) is 0 Å². The summed E-state index contributed by atoms with van der Waals surface area (Å²) in [5, 5.41) is 4.55. The zero-order valence-electron chi connectivity index (χ0n) is 16.7. The minimum atomic E-state index is -0.110. The van der Waals surface area contributed by atoms with Crippen molar-refractivity contribution < 1.29 is 4.79 Å². The van der Waals surface area contributed by atoms with Crippen LogP contribution in [0.1, 0.15) is 23.2 Å². The van der Waals surface area contributed by atoms with Crippen LogP contribution < -0.4 is 5.56 Å². The lowest BCUT2D eigenvalue weighted by Gasteiger charge is -2.32. The van der Waals surface area contributed by atoms with Crippen LogP contribution in [0.5, 0.6) is 0 Å². The highest BCUT2D eigenvalue weighted by Crippen LogP contribution is 2.22. The van der Waals surface area contributed by atoms with E-state index in [1.165, 1.54) is 0 Å². The molecule has 1 saturated heterocycles. The monoisotopic (exact) mass is 432 g/mol. The second-order valence-electron chi connectivity index (χ2n) is 7.68. The normalized spacial score (nSPS) is 14.8. The molecule has 0 bridgehead atoms. The van der Waals surface area contributed by atoms with Gasteiger partial charge in [-0.2, -0.15) is 13.8 Å². The quantitative estimate of drug-likeness (QED) is 0.492. The number of amides is 1. The molecule has 1 amide bonds. The molecule has 1 aromatic carbocycles. The molecule has 8 nitrogen and oxygen atoms in total. The van der Waals surface area contributed by atoms with Crippen molar-refractivity contribution in [1.29, 1.82) is 0 Å². The number of fused-ring (bicyclic) bond motifs is 1. The molecule has 0 radical (unpaired) electrons. The molecule has 0 spiro atoms. The van der Waals surface area contributed by atoms with Crippen LogP contribution in [0.4, 0.5) is 0 Å². The molecule has 1 aliphatic rings. The van der Waals surface area contributed by atoms with Crippen LogP contribution >= 0.6 is 11.7 Å². The Morgan fingerprint density at radius 3 is 2.58 bits per heavy atom. The van der Waals surface area contributed by atoms with Crippen molar-refractivity contribution in [1.82, 2.24) is 28.4 Å². The van der Waals surface area contributed by atoms with E-state index in [0.29, 0.717) is 31.1 Å². The van der Waals surface area contributed by atoms with Gasteiger partial charge in [-0.3, -0.25) is 14.6 Å². The highest BCUT2D eigenvalue weighted by molar-refractivity contribution is 7.00. The number of benzene rings is 1. The number of likely N-dealkylation sites (tertiary alicyclic amines) is 1. The summed E-state index contributed by atoms with van der Waals surface area (Å²) >= 11 is 1.15. The third-order valence-electron chi connectivity index (χ3n) is 5.68. The maximum atomic E-state index is 12.9. The molecule has 4 heterocycles. The molecule has 0 saturated carbocycles. The average molecular weight is 433 g/mol. The topological polar surface area (TPSA) is 93.9 Å². The Morgan fingerprint density at radius 1 is 1.00 bits per heavy atom. The zero-order chi connectivity index (χ0) is 21.2. The van der Waals surface area contributed by atoms with Crippen molar-refractivity contribution in [3.63, 3.8) is 0 Å². The first-order valence-corrected chi connectivity index (χ1v) is 10.9. The van der Waals surface area contributed by atoms with E-state index in [1.54, 1.807) is 35.3 Å². The first-order valence-electron chi connectivity index (χ1n) is 10.2. The third kappa shape index (κ3) is 4.09. The van der Waals surface area contributed by atoms with Gasteiger partial charge >= 0.3 is 0 Å². The second-order valence-corrected chi connectivity index (χ2v) is 8.21. The summed E-state index contributed by atoms with van der Waals surface area (Å²) in [6, 6.07) is 12.5. The number of piperidine rings is 1. The Hall–Kier alpha value is -3.46. The predicted octanol–water partition coefficient (Wildman–Crippen LogP) is 2.86. The SMILES string of the molecule is O=C(c1ccc2nsnc2c1)N1CCC(Cn2nc(-c3ccncc3)ccc2=O)CC1. The molecular formula is C22H20N6O2S. The zero-order valence-corrected chi connectivity index (χ0v) is 17.5. The van der Waals surface area contributed by atoms with Gasteiger partial charge in [0, 0.05) is 49.2 Å². The van der Waals surface area contributed by atoms with E-state index in [9.17, 15) is 9.59 Å². The van der Waals surface area contributed by atoms with Gasteiger partial charge in [0.25, 0.3) is 11.5 Å². The summed E-state index contributed by atoms with van der Waals surface area (Å²) in [6.45, 7) is 1.88. The van der Waals surface area contributed by atoms with Crippen molar-refractivity contribution in [3.05, 3.63) is 70.8 Å². The molecule has 0 aliphatic carbocycles. The summed E-state index contributed by atoms with van der Waals surface area (Å²) in [5.41, 5.74) is 3.78. The van der Waals surface area contributed by atoms with Crippen LogP contribution in [-0.2, 0) is 6.54 Å². The van der Waals surface area contributed by atoms with E-state index in [0.717, 1.165) is 46.9 Å². The molecule has 4 aromatic rings. The fourth-order valence-corrected chi connectivity index (χ4v) is 4.43. The molecule has 1 fully saturated rings. The summed E-state index contributed by atoms with van der Waals surface area (Å²) in [6.07, 6.45) is 5.09. The van der Waals surface area contributed by atoms with Gasteiger partial charge in [0.1, 0.15) is 11.0 Å². The molecular weight excluding hydrogens is 412 g/mol. The Bertz CT molecular complexity index is 1280.